The summed E-state index contributed by atoms with van der Waals surface area (Å²) in [6.07, 6.45) is 0. The number of esters is 1. The van der Waals surface area contributed by atoms with Gasteiger partial charge in [0.2, 0.25) is 15.9 Å². The lowest BCUT2D eigenvalue weighted by molar-refractivity contribution is -0.114. The first-order valence-corrected chi connectivity index (χ1v) is 9.11. The summed E-state index contributed by atoms with van der Waals surface area (Å²) in [4.78, 5) is 23.0. The molecule has 2 rings (SSSR count). The Balaban J connectivity index is 1.82. The number of carbonyl (C=O) groups is 2. The summed E-state index contributed by atoms with van der Waals surface area (Å²) in [6, 6.07) is 11.9. The molecule has 3 N–H and O–H groups in total. The second-order valence-corrected chi connectivity index (χ2v) is 6.82. The number of amides is 1. The maximum atomic E-state index is 12.0. The van der Waals surface area contributed by atoms with E-state index in [2.05, 4.69) is 5.32 Å². The summed E-state index contributed by atoms with van der Waals surface area (Å²) in [7, 11) is -3.75. The van der Waals surface area contributed by atoms with Gasteiger partial charge in [-0.2, -0.15) is 0 Å². The number of benzene rings is 2. The molecule has 0 unspecified atom stereocenters. The average Bonchev–Trinajstić information content (AvgIpc) is 2.58. The molecule has 8 nitrogen and oxygen atoms in total. The van der Waals surface area contributed by atoms with Crippen LogP contribution in [0.5, 0.6) is 5.75 Å². The van der Waals surface area contributed by atoms with Crippen LogP contribution in [0.3, 0.4) is 0 Å². The van der Waals surface area contributed by atoms with E-state index in [4.69, 9.17) is 14.6 Å². The first kappa shape index (κ1) is 19.4. The van der Waals surface area contributed by atoms with Gasteiger partial charge in [-0.25, -0.2) is 18.4 Å². The Bertz CT molecular complexity index is 894. The van der Waals surface area contributed by atoms with Crippen molar-refractivity contribution in [3.63, 3.8) is 0 Å². The van der Waals surface area contributed by atoms with Gasteiger partial charge in [-0.15, -0.1) is 0 Å². The van der Waals surface area contributed by atoms with E-state index in [1.165, 1.54) is 37.3 Å². The molecule has 0 saturated heterocycles. The molecule has 1 amide bonds. The standard InChI is InChI=1S/C17H18N2O6S/c1-12(20)19-14-4-2-3-13(11-14)17(21)25-10-9-24-15-5-7-16(8-6-15)26(18,22)23/h2-8,11H,9-10H2,1H3,(H,19,20)(H2,18,22,23). The van der Waals surface area contributed by atoms with E-state index in [1.54, 1.807) is 18.2 Å². The number of anilines is 1. The van der Waals surface area contributed by atoms with Gasteiger partial charge < -0.3 is 14.8 Å². The lowest BCUT2D eigenvalue weighted by Crippen LogP contribution is -2.13. The number of hydrogen-bond donors (Lipinski definition) is 2. The van der Waals surface area contributed by atoms with Crippen molar-refractivity contribution in [2.75, 3.05) is 18.5 Å². The Hall–Kier alpha value is -2.91. The minimum Gasteiger partial charge on any atom is -0.490 e. The van der Waals surface area contributed by atoms with Gasteiger partial charge in [0.05, 0.1) is 10.5 Å². The van der Waals surface area contributed by atoms with E-state index in [1.807, 2.05) is 0 Å². The maximum Gasteiger partial charge on any atom is 0.338 e. The molecule has 26 heavy (non-hydrogen) atoms. The number of nitrogens with one attached hydrogen (secondary N) is 1. The van der Waals surface area contributed by atoms with Crippen LogP contribution in [0.2, 0.25) is 0 Å². The zero-order valence-corrected chi connectivity index (χ0v) is 14.8. The molecule has 0 fully saturated rings. The molecule has 0 atom stereocenters. The molecule has 0 aliphatic heterocycles. The SMILES string of the molecule is CC(=O)Nc1cccc(C(=O)OCCOc2ccc(S(N)(=O)=O)cc2)c1. The fourth-order valence-corrected chi connectivity index (χ4v) is 2.55. The van der Waals surface area contributed by atoms with Gasteiger partial charge in [0, 0.05) is 12.6 Å². The third-order valence-corrected chi connectivity index (χ3v) is 4.09. The quantitative estimate of drug-likeness (QED) is 0.556. The molecule has 0 saturated carbocycles. The lowest BCUT2D eigenvalue weighted by atomic mass is 10.2. The lowest BCUT2D eigenvalue weighted by Gasteiger charge is -2.09. The zero-order valence-electron chi connectivity index (χ0n) is 14.0. The van der Waals surface area contributed by atoms with Gasteiger partial charge in [0.1, 0.15) is 19.0 Å². The molecule has 0 aromatic heterocycles. The van der Waals surface area contributed by atoms with Gasteiger partial charge in [0.15, 0.2) is 0 Å². The zero-order chi connectivity index (χ0) is 19.2. The van der Waals surface area contributed by atoms with Crippen molar-refractivity contribution in [1.82, 2.24) is 0 Å². The molecule has 0 bridgehead atoms. The van der Waals surface area contributed by atoms with Crippen molar-refractivity contribution in [1.29, 1.82) is 0 Å². The van der Waals surface area contributed by atoms with E-state index in [9.17, 15) is 18.0 Å². The molecule has 9 heteroatoms. The number of nitrogens with two attached hydrogens (primary N) is 1. The van der Waals surface area contributed by atoms with E-state index in [-0.39, 0.29) is 24.0 Å². The van der Waals surface area contributed by atoms with Crippen LogP contribution in [0.25, 0.3) is 0 Å². The van der Waals surface area contributed by atoms with Gasteiger partial charge >= 0.3 is 5.97 Å². The smallest absolute Gasteiger partial charge is 0.338 e. The summed E-state index contributed by atoms with van der Waals surface area (Å²) in [5.74, 6) is -0.371. The van der Waals surface area contributed by atoms with E-state index < -0.39 is 16.0 Å². The van der Waals surface area contributed by atoms with Crippen LogP contribution >= 0.6 is 0 Å². The van der Waals surface area contributed by atoms with Crippen LogP contribution in [0.4, 0.5) is 5.69 Å². The minimum absolute atomic E-state index is 0.000136. The highest BCUT2D eigenvalue weighted by Gasteiger charge is 2.09. The second-order valence-electron chi connectivity index (χ2n) is 5.26. The van der Waals surface area contributed by atoms with Gasteiger partial charge in [-0.05, 0) is 42.5 Å². The predicted octanol–water partition coefficient (Wildman–Crippen LogP) is 1.53. The van der Waals surface area contributed by atoms with E-state index >= 15 is 0 Å². The predicted molar refractivity (Wildman–Crippen MR) is 94.3 cm³/mol. The third kappa shape index (κ3) is 5.87. The molecule has 2 aromatic rings. The monoisotopic (exact) mass is 378 g/mol. The topological polar surface area (TPSA) is 125 Å². The number of hydrogen-bond acceptors (Lipinski definition) is 6. The summed E-state index contributed by atoms with van der Waals surface area (Å²) in [5.41, 5.74) is 0.798. The average molecular weight is 378 g/mol. The van der Waals surface area contributed by atoms with Crippen molar-refractivity contribution in [3.8, 4) is 5.75 Å². The van der Waals surface area contributed by atoms with Crippen LogP contribution in [-0.2, 0) is 19.6 Å². The highest BCUT2D eigenvalue weighted by molar-refractivity contribution is 7.89. The molecule has 0 aliphatic rings. The molecular weight excluding hydrogens is 360 g/mol. The van der Waals surface area contributed by atoms with E-state index in [0.29, 0.717) is 17.0 Å². The maximum absolute atomic E-state index is 12.0. The Morgan fingerprint density at radius 2 is 1.77 bits per heavy atom. The molecule has 138 valence electrons. The molecular formula is C17H18N2O6S. The Labute approximate surface area is 151 Å². The van der Waals surface area contributed by atoms with Crippen molar-refractivity contribution in [3.05, 3.63) is 54.1 Å². The minimum atomic E-state index is -3.75. The molecule has 2 aromatic carbocycles. The normalized spacial score (nSPS) is 10.8. The number of ether oxygens (including phenoxy) is 2. The highest BCUT2D eigenvalue weighted by Crippen LogP contribution is 2.15. The summed E-state index contributed by atoms with van der Waals surface area (Å²) in [6.45, 7) is 1.46. The molecule has 0 heterocycles. The number of rotatable bonds is 7. The second kappa shape index (κ2) is 8.45. The van der Waals surface area contributed by atoms with Crippen LogP contribution in [0, 0.1) is 0 Å². The Morgan fingerprint density at radius 1 is 1.08 bits per heavy atom. The van der Waals surface area contributed by atoms with Crippen LogP contribution in [-0.4, -0.2) is 33.5 Å². The van der Waals surface area contributed by atoms with Gasteiger partial charge in [-0.3, -0.25) is 4.79 Å². The fraction of sp³-hybridized carbons (Fsp3) is 0.176. The fourth-order valence-electron chi connectivity index (χ4n) is 2.03. The Kier molecular flexibility index (Phi) is 6.31. The summed E-state index contributed by atoms with van der Waals surface area (Å²) in [5, 5.41) is 7.59. The van der Waals surface area contributed by atoms with Crippen molar-refractivity contribution in [2.45, 2.75) is 11.8 Å². The largest absolute Gasteiger partial charge is 0.490 e. The number of primary sulfonamides is 1. The Morgan fingerprint density at radius 3 is 2.38 bits per heavy atom. The highest BCUT2D eigenvalue weighted by atomic mass is 32.2. The number of carbonyl (C=O) groups excluding carboxylic acids is 2. The first-order valence-electron chi connectivity index (χ1n) is 7.56. The van der Waals surface area contributed by atoms with Crippen LogP contribution in [0.1, 0.15) is 17.3 Å². The van der Waals surface area contributed by atoms with Crippen molar-refractivity contribution < 1.29 is 27.5 Å². The molecule has 0 aliphatic carbocycles. The first-order chi connectivity index (χ1) is 12.3. The van der Waals surface area contributed by atoms with Crippen LogP contribution < -0.4 is 15.2 Å². The van der Waals surface area contributed by atoms with E-state index in [0.717, 1.165) is 0 Å². The van der Waals surface area contributed by atoms with Crippen LogP contribution in [0.15, 0.2) is 53.4 Å². The van der Waals surface area contributed by atoms with Crippen molar-refractivity contribution >= 4 is 27.6 Å². The molecule has 0 spiro atoms. The van der Waals surface area contributed by atoms with Gasteiger partial charge in [0.25, 0.3) is 0 Å². The van der Waals surface area contributed by atoms with Gasteiger partial charge in [-0.1, -0.05) is 6.07 Å². The third-order valence-electron chi connectivity index (χ3n) is 3.16. The van der Waals surface area contributed by atoms with Crippen molar-refractivity contribution in [2.24, 2.45) is 5.14 Å². The summed E-state index contributed by atoms with van der Waals surface area (Å²) < 4.78 is 32.8. The summed E-state index contributed by atoms with van der Waals surface area (Å²) >= 11 is 0. The molecule has 0 radical (unpaired) electrons. The number of sulfonamides is 1.